The van der Waals surface area contributed by atoms with E-state index in [1.54, 1.807) is 0 Å². The number of hydrogen-bond acceptors (Lipinski definition) is 2. The molecule has 0 unspecified atom stereocenters. The molecule has 0 spiro atoms. The van der Waals surface area contributed by atoms with Crippen LogP contribution in [0, 0.1) is 11.3 Å². The van der Waals surface area contributed by atoms with Crippen LogP contribution in [0.15, 0.2) is 28.9 Å². The van der Waals surface area contributed by atoms with Crippen LogP contribution in [0.4, 0.5) is 0 Å². The van der Waals surface area contributed by atoms with E-state index in [9.17, 15) is 0 Å². The van der Waals surface area contributed by atoms with Crippen LogP contribution in [-0.4, -0.2) is 0 Å². The van der Waals surface area contributed by atoms with Crippen molar-refractivity contribution in [3.05, 3.63) is 35.6 Å². The molecular formula is C12H11NO. The molecule has 2 heteroatoms. The fourth-order valence-corrected chi connectivity index (χ4v) is 1.68. The second-order valence-electron chi connectivity index (χ2n) is 3.64. The summed E-state index contributed by atoms with van der Waals surface area (Å²) < 4.78 is 5.31. The fourth-order valence-electron chi connectivity index (χ4n) is 1.68. The van der Waals surface area contributed by atoms with Gasteiger partial charge in [0.15, 0.2) is 0 Å². The van der Waals surface area contributed by atoms with Crippen LogP contribution in [0.2, 0.25) is 0 Å². The van der Waals surface area contributed by atoms with Gasteiger partial charge < -0.3 is 4.42 Å². The van der Waals surface area contributed by atoms with Crippen molar-refractivity contribution >= 4 is 11.0 Å². The standard InChI is InChI=1S/C12H11NO/c1-8(2)10-4-3-5-11-12(10)9(6-13)7-14-11/h3-5,7-8H,1-2H3. The van der Waals surface area contributed by atoms with Crippen molar-refractivity contribution in [2.75, 3.05) is 0 Å². The van der Waals surface area contributed by atoms with Gasteiger partial charge in [-0.05, 0) is 17.5 Å². The molecule has 0 fully saturated rings. The highest BCUT2D eigenvalue weighted by Gasteiger charge is 2.11. The van der Waals surface area contributed by atoms with Gasteiger partial charge in [0.25, 0.3) is 0 Å². The molecule has 0 amide bonds. The molecule has 0 saturated carbocycles. The van der Waals surface area contributed by atoms with E-state index in [1.807, 2.05) is 18.2 Å². The van der Waals surface area contributed by atoms with Gasteiger partial charge in [0.05, 0.1) is 5.56 Å². The highest BCUT2D eigenvalue weighted by Crippen LogP contribution is 2.29. The largest absolute Gasteiger partial charge is 0.463 e. The quantitative estimate of drug-likeness (QED) is 0.682. The summed E-state index contributed by atoms with van der Waals surface area (Å²) in [5, 5.41) is 9.88. The third-order valence-corrected chi connectivity index (χ3v) is 2.37. The maximum Gasteiger partial charge on any atom is 0.135 e. The first-order valence-electron chi connectivity index (χ1n) is 4.64. The average molecular weight is 185 g/mol. The summed E-state index contributed by atoms with van der Waals surface area (Å²) in [7, 11) is 0. The Morgan fingerprint density at radius 1 is 1.36 bits per heavy atom. The SMILES string of the molecule is CC(C)c1cccc2occ(C#N)c12. The predicted molar refractivity (Wildman–Crippen MR) is 55.0 cm³/mol. The molecule has 0 aliphatic carbocycles. The number of hydrogen-bond donors (Lipinski definition) is 0. The summed E-state index contributed by atoms with van der Waals surface area (Å²) in [6.07, 6.45) is 1.52. The Labute approximate surface area is 82.8 Å². The molecular weight excluding hydrogens is 174 g/mol. The van der Waals surface area contributed by atoms with E-state index in [-0.39, 0.29) is 0 Å². The number of benzene rings is 1. The Morgan fingerprint density at radius 2 is 2.14 bits per heavy atom. The molecule has 0 bridgehead atoms. The smallest absolute Gasteiger partial charge is 0.135 e. The first-order chi connectivity index (χ1) is 6.74. The second kappa shape index (κ2) is 3.19. The summed E-state index contributed by atoms with van der Waals surface area (Å²) >= 11 is 0. The van der Waals surface area contributed by atoms with Crippen molar-refractivity contribution < 1.29 is 4.42 Å². The van der Waals surface area contributed by atoms with E-state index in [4.69, 9.17) is 9.68 Å². The zero-order valence-corrected chi connectivity index (χ0v) is 8.24. The van der Waals surface area contributed by atoms with Gasteiger partial charge in [0.2, 0.25) is 0 Å². The van der Waals surface area contributed by atoms with Gasteiger partial charge in [-0.1, -0.05) is 26.0 Å². The molecule has 0 N–H and O–H groups in total. The van der Waals surface area contributed by atoms with Crippen LogP contribution in [0.1, 0.15) is 30.9 Å². The van der Waals surface area contributed by atoms with Crippen molar-refractivity contribution in [1.29, 1.82) is 5.26 Å². The van der Waals surface area contributed by atoms with E-state index in [1.165, 1.54) is 11.8 Å². The van der Waals surface area contributed by atoms with Gasteiger partial charge in [-0.25, -0.2) is 0 Å². The average Bonchev–Trinajstić information content (AvgIpc) is 2.59. The van der Waals surface area contributed by atoms with Crippen molar-refractivity contribution in [1.82, 2.24) is 0 Å². The van der Waals surface area contributed by atoms with E-state index in [0.717, 1.165) is 11.0 Å². The molecule has 0 aliphatic rings. The Bertz CT molecular complexity index is 503. The molecule has 70 valence electrons. The molecule has 2 rings (SSSR count). The van der Waals surface area contributed by atoms with Crippen molar-refractivity contribution in [3.8, 4) is 6.07 Å². The Balaban J connectivity index is 2.83. The third-order valence-electron chi connectivity index (χ3n) is 2.37. The maximum absolute atomic E-state index is 8.92. The lowest BCUT2D eigenvalue weighted by Gasteiger charge is -2.05. The first-order valence-corrected chi connectivity index (χ1v) is 4.64. The number of furan rings is 1. The van der Waals surface area contributed by atoms with Crippen LogP contribution in [0.5, 0.6) is 0 Å². The normalized spacial score (nSPS) is 10.7. The van der Waals surface area contributed by atoms with Gasteiger partial charge in [-0.3, -0.25) is 0 Å². The highest BCUT2D eigenvalue weighted by atomic mass is 16.3. The minimum Gasteiger partial charge on any atom is -0.463 e. The Morgan fingerprint density at radius 3 is 2.79 bits per heavy atom. The molecule has 2 aromatic rings. The lowest BCUT2D eigenvalue weighted by Crippen LogP contribution is -1.88. The van der Waals surface area contributed by atoms with Crippen molar-refractivity contribution in [2.24, 2.45) is 0 Å². The molecule has 1 aromatic heterocycles. The topological polar surface area (TPSA) is 36.9 Å². The van der Waals surface area contributed by atoms with Crippen LogP contribution < -0.4 is 0 Å². The van der Waals surface area contributed by atoms with Gasteiger partial charge in [-0.15, -0.1) is 0 Å². The van der Waals surface area contributed by atoms with Gasteiger partial charge in [0, 0.05) is 5.39 Å². The zero-order chi connectivity index (χ0) is 10.1. The number of nitrogens with zero attached hydrogens (tertiary/aromatic N) is 1. The number of fused-ring (bicyclic) bond motifs is 1. The second-order valence-corrected chi connectivity index (χ2v) is 3.64. The summed E-state index contributed by atoms with van der Waals surface area (Å²) in [5.74, 6) is 0.406. The monoisotopic (exact) mass is 185 g/mol. The summed E-state index contributed by atoms with van der Waals surface area (Å²) in [6, 6.07) is 8.05. The summed E-state index contributed by atoms with van der Waals surface area (Å²) in [4.78, 5) is 0. The molecule has 2 nitrogen and oxygen atoms in total. The fraction of sp³-hybridized carbons (Fsp3) is 0.250. The number of rotatable bonds is 1. The lowest BCUT2D eigenvalue weighted by molar-refractivity contribution is 0.614. The van der Waals surface area contributed by atoms with Crippen LogP contribution >= 0.6 is 0 Å². The van der Waals surface area contributed by atoms with Crippen LogP contribution in [0.25, 0.3) is 11.0 Å². The third kappa shape index (κ3) is 1.18. The molecule has 1 heterocycles. The minimum atomic E-state index is 0.406. The molecule has 14 heavy (non-hydrogen) atoms. The maximum atomic E-state index is 8.92. The molecule has 0 atom stereocenters. The van der Waals surface area contributed by atoms with Gasteiger partial charge in [0.1, 0.15) is 17.9 Å². The van der Waals surface area contributed by atoms with Crippen LogP contribution in [0.3, 0.4) is 0 Å². The van der Waals surface area contributed by atoms with E-state index in [0.29, 0.717) is 11.5 Å². The predicted octanol–water partition coefficient (Wildman–Crippen LogP) is 3.43. The van der Waals surface area contributed by atoms with Crippen molar-refractivity contribution in [3.63, 3.8) is 0 Å². The van der Waals surface area contributed by atoms with E-state index >= 15 is 0 Å². The van der Waals surface area contributed by atoms with E-state index in [2.05, 4.69) is 19.9 Å². The molecule has 0 saturated heterocycles. The van der Waals surface area contributed by atoms with E-state index < -0.39 is 0 Å². The summed E-state index contributed by atoms with van der Waals surface area (Å²) in [6.45, 7) is 4.23. The van der Waals surface area contributed by atoms with Gasteiger partial charge >= 0.3 is 0 Å². The van der Waals surface area contributed by atoms with Crippen molar-refractivity contribution in [2.45, 2.75) is 19.8 Å². The molecule has 0 radical (unpaired) electrons. The Kier molecular flexibility index (Phi) is 2.01. The zero-order valence-electron chi connectivity index (χ0n) is 8.24. The Hall–Kier alpha value is -1.75. The van der Waals surface area contributed by atoms with Gasteiger partial charge in [-0.2, -0.15) is 5.26 Å². The van der Waals surface area contributed by atoms with Crippen LogP contribution in [-0.2, 0) is 0 Å². The minimum absolute atomic E-state index is 0.406. The highest BCUT2D eigenvalue weighted by molar-refractivity contribution is 5.87. The number of nitriles is 1. The first kappa shape index (κ1) is 8.83. The lowest BCUT2D eigenvalue weighted by atomic mass is 9.97. The summed E-state index contributed by atoms with van der Waals surface area (Å²) in [5.41, 5.74) is 2.60. The molecule has 1 aromatic carbocycles. The molecule has 0 aliphatic heterocycles.